The minimum atomic E-state index is 0.0528. The lowest BCUT2D eigenvalue weighted by Gasteiger charge is -2.23. The van der Waals surface area contributed by atoms with Crippen molar-refractivity contribution in [3.05, 3.63) is 19.4 Å². The normalized spacial score (nSPS) is 19.2. The number of thiophene rings is 1. The molecule has 1 amide bonds. The molecule has 0 radical (unpaired) electrons. The molecule has 0 bridgehead atoms. The highest BCUT2D eigenvalue weighted by Crippen LogP contribution is 2.36. The Morgan fingerprint density at radius 3 is 3.25 bits per heavy atom. The lowest BCUT2D eigenvalue weighted by molar-refractivity contribution is -0.119. The van der Waals surface area contributed by atoms with Crippen LogP contribution in [0.25, 0.3) is 0 Å². The predicted octanol–water partition coefficient (Wildman–Crippen LogP) is 2.07. The van der Waals surface area contributed by atoms with E-state index in [-0.39, 0.29) is 5.91 Å². The van der Waals surface area contributed by atoms with E-state index in [2.05, 4.69) is 39.3 Å². The van der Waals surface area contributed by atoms with Gasteiger partial charge in [0.05, 0.1) is 9.43 Å². The number of amides is 1. The highest BCUT2D eigenvalue weighted by Gasteiger charge is 2.22. The van der Waals surface area contributed by atoms with Crippen molar-refractivity contribution in [2.24, 2.45) is 0 Å². The van der Waals surface area contributed by atoms with Gasteiger partial charge in [0, 0.05) is 18.0 Å². The van der Waals surface area contributed by atoms with Crippen molar-refractivity contribution in [1.29, 1.82) is 0 Å². The number of fused-ring (bicyclic) bond motifs is 1. The lowest BCUT2D eigenvalue weighted by Crippen LogP contribution is -2.34. The van der Waals surface area contributed by atoms with Gasteiger partial charge in [-0.2, -0.15) is 0 Å². The van der Waals surface area contributed by atoms with Crippen molar-refractivity contribution in [1.82, 2.24) is 10.6 Å². The molecule has 2 N–H and O–H groups in total. The van der Waals surface area contributed by atoms with Crippen LogP contribution in [0.1, 0.15) is 29.3 Å². The largest absolute Gasteiger partial charge is 0.358 e. The highest BCUT2D eigenvalue weighted by atomic mass is 127. The zero-order chi connectivity index (χ0) is 11.5. The average molecular weight is 350 g/mol. The van der Waals surface area contributed by atoms with Gasteiger partial charge < -0.3 is 10.6 Å². The molecule has 0 fully saturated rings. The molecule has 0 saturated carbocycles. The Morgan fingerprint density at radius 1 is 1.69 bits per heavy atom. The molecule has 0 aliphatic heterocycles. The number of likely N-dealkylation sites (N-methyl/N-ethyl adjacent to an activating group) is 1. The number of hydrogen-bond donors (Lipinski definition) is 2. The summed E-state index contributed by atoms with van der Waals surface area (Å²) in [6.45, 7) is 0.410. The third-order valence-electron chi connectivity index (χ3n) is 2.87. The maximum Gasteiger partial charge on any atom is 0.233 e. The zero-order valence-electron chi connectivity index (χ0n) is 9.18. The van der Waals surface area contributed by atoms with Crippen LogP contribution >= 0.6 is 33.9 Å². The van der Waals surface area contributed by atoms with Crippen LogP contribution in [0.2, 0.25) is 0 Å². The van der Waals surface area contributed by atoms with E-state index in [1.165, 1.54) is 26.2 Å². The molecule has 0 aromatic carbocycles. The molecule has 1 aliphatic carbocycles. The molecule has 2 rings (SSSR count). The van der Waals surface area contributed by atoms with Crippen molar-refractivity contribution in [3.63, 3.8) is 0 Å². The maximum atomic E-state index is 11.2. The number of aryl methyl sites for hydroxylation is 1. The van der Waals surface area contributed by atoms with Gasteiger partial charge in [-0.05, 0) is 53.5 Å². The second-order valence-corrected chi connectivity index (χ2v) is 6.96. The van der Waals surface area contributed by atoms with Gasteiger partial charge in [0.1, 0.15) is 0 Å². The average Bonchev–Trinajstić information content (AvgIpc) is 2.66. The van der Waals surface area contributed by atoms with Gasteiger partial charge in [-0.1, -0.05) is 0 Å². The number of rotatable bonds is 3. The first kappa shape index (κ1) is 12.3. The van der Waals surface area contributed by atoms with E-state index in [4.69, 9.17) is 0 Å². The van der Waals surface area contributed by atoms with Gasteiger partial charge in [-0.3, -0.25) is 4.79 Å². The Kier molecular flexibility index (Phi) is 4.21. The number of halogens is 1. The van der Waals surface area contributed by atoms with Crippen molar-refractivity contribution in [2.75, 3.05) is 13.6 Å². The summed E-state index contributed by atoms with van der Waals surface area (Å²) in [6.07, 6.45) is 3.55. The first-order valence-electron chi connectivity index (χ1n) is 5.42. The van der Waals surface area contributed by atoms with Crippen LogP contribution in [0.15, 0.2) is 6.07 Å². The van der Waals surface area contributed by atoms with E-state index in [0.717, 1.165) is 6.42 Å². The SMILES string of the molecule is CNC(=O)CNC1CCCc2sc(I)cc21. The van der Waals surface area contributed by atoms with E-state index < -0.39 is 0 Å². The van der Waals surface area contributed by atoms with Gasteiger partial charge in [0.2, 0.25) is 5.91 Å². The fourth-order valence-electron chi connectivity index (χ4n) is 2.04. The Morgan fingerprint density at radius 2 is 2.50 bits per heavy atom. The van der Waals surface area contributed by atoms with E-state index in [0.29, 0.717) is 12.6 Å². The summed E-state index contributed by atoms with van der Waals surface area (Å²) >= 11 is 4.25. The Bertz CT molecular complexity index is 391. The summed E-state index contributed by atoms with van der Waals surface area (Å²) in [5.41, 5.74) is 1.41. The molecule has 5 heteroatoms. The van der Waals surface area contributed by atoms with Gasteiger partial charge in [-0.25, -0.2) is 0 Å². The van der Waals surface area contributed by atoms with Crippen molar-refractivity contribution >= 4 is 39.8 Å². The summed E-state index contributed by atoms with van der Waals surface area (Å²) in [5, 5.41) is 5.97. The molecular formula is C11H15IN2OS. The molecule has 1 aromatic rings. The molecule has 0 spiro atoms. The summed E-state index contributed by atoms with van der Waals surface area (Å²) < 4.78 is 1.34. The molecule has 0 saturated heterocycles. The number of carbonyl (C=O) groups excluding carboxylic acids is 1. The monoisotopic (exact) mass is 350 g/mol. The van der Waals surface area contributed by atoms with Crippen molar-refractivity contribution < 1.29 is 4.79 Å². The van der Waals surface area contributed by atoms with Gasteiger partial charge >= 0.3 is 0 Å². The minimum Gasteiger partial charge on any atom is -0.358 e. The molecule has 1 aromatic heterocycles. The third kappa shape index (κ3) is 2.75. The Labute approximate surface area is 113 Å². The van der Waals surface area contributed by atoms with Crippen LogP contribution in [-0.4, -0.2) is 19.5 Å². The van der Waals surface area contributed by atoms with E-state index in [1.807, 2.05) is 11.3 Å². The molecule has 1 unspecified atom stereocenters. The molecule has 1 aliphatic rings. The number of nitrogens with one attached hydrogen (secondary N) is 2. The van der Waals surface area contributed by atoms with Crippen LogP contribution in [0, 0.1) is 2.88 Å². The summed E-state index contributed by atoms with van der Waals surface area (Å²) in [4.78, 5) is 12.7. The highest BCUT2D eigenvalue weighted by molar-refractivity contribution is 14.1. The molecule has 1 atom stereocenters. The molecule has 1 heterocycles. The fraction of sp³-hybridized carbons (Fsp3) is 0.545. The predicted molar refractivity (Wildman–Crippen MR) is 74.8 cm³/mol. The van der Waals surface area contributed by atoms with E-state index in [9.17, 15) is 4.79 Å². The lowest BCUT2D eigenvalue weighted by atomic mass is 9.94. The van der Waals surface area contributed by atoms with Crippen LogP contribution in [0.5, 0.6) is 0 Å². The smallest absolute Gasteiger partial charge is 0.233 e. The second kappa shape index (κ2) is 5.46. The van der Waals surface area contributed by atoms with Crippen LogP contribution < -0.4 is 10.6 Å². The number of carbonyl (C=O) groups is 1. The van der Waals surface area contributed by atoms with E-state index in [1.54, 1.807) is 7.05 Å². The Balaban J connectivity index is 2.04. The quantitative estimate of drug-likeness (QED) is 0.820. The van der Waals surface area contributed by atoms with Crippen LogP contribution in [0.4, 0.5) is 0 Å². The summed E-state index contributed by atoms with van der Waals surface area (Å²) in [5.74, 6) is 0.0528. The van der Waals surface area contributed by atoms with Crippen molar-refractivity contribution in [3.8, 4) is 0 Å². The fourth-order valence-corrected chi connectivity index (χ4v) is 4.16. The minimum absolute atomic E-state index is 0.0528. The van der Waals surface area contributed by atoms with Crippen molar-refractivity contribution in [2.45, 2.75) is 25.3 Å². The summed E-state index contributed by atoms with van der Waals surface area (Å²) in [6, 6.07) is 2.61. The third-order valence-corrected chi connectivity index (χ3v) is 4.84. The molecule has 88 valence electrons. The first-order valence-corrected chi connectivity index (χ1v) is 7.32. The molecular weight excluding hydrogens is 335 g/mol. The van der Waals surface area contributed by atoms with E-state index >= 15 is 0 Å². The van der Waals surface area contributed by atoms with Crippen LogP contribution in [0.3, 0.4) is 0 Å². The first-order chi connectivity index (χ1) is 7.70. The molecule has 3 nitrogen and oxygen atoms in total. The van der Waals surface area contributed by atoms with Gasteiger partial charge in [0.15, 0.2) is 0 Å². The Hall–Kier alpha value is -0.140. The van der Waals surface area contributed by atoms with Gasteiger partial charge in [0.25, 0.3) is 0 Å². The zero-order valence-corrected chi connectivity index (χ0v) is 12.2. The summed E-state index contributed by atoms with van der Waals surface area (Å²) in [7, 11) is 1.67. The maximum absolute atomic E-state index is 11.2. The topological polar surface area (TPSA) is 41.1 Å². The van der Waals surface area contributed by atoms with Gasteiger partial charge in [-0.15, -0.1) is 11.3 Å². The number of hydrogen-bond acceptors (Lipinski definition) is 3. The molecule has 16 heavy (non-hydrogen) atoms. The standard InChI is InChI=1S/C11H15IN2OS/c1-13-11(15)6-14-8-3-2-4-9-7(8)5-10(12)16-9/h5,8,14H,2-4,6H2,1H3,(H,13,15). The van der Waals surface area contributed by atoms with Crippen LogP contribution in [-0.2, 0) is 11.2 Å². The second-order valence-electron chi connectivity index (χ2n) is 3.93.